The van der Waals surface area contributed by atoms with Gasteiger partial charge in [-0.15, -0.1) is 0 Å². The summed E-state index contributed by atoms with van der Waals surface area (Å²) in [6, 6.07) is 4.95. The minimum Gasteiger partial charge on any atom is -0.481 e. The molecule has 1 aliphatic rings. The van der Waals surface area contributed by atoms with Crippen LogP contribution in [0.3, 0.4) is 0 Å². The number of hydrogen-bond acceptors (Lipinski definition) is 2. The molecule has 0 radical (unpaired) electrons. The number of rotatable bonds is 4. The fourth-order valence-corrected chi connectivity index (χ4v) is 2.23. The van der Waals surface area contributed by atoms with E-state index < -0.39 is 11.9 Å². The normalized spacial score (nSPS) is 21.8. The van der Waals surface area contributed by atoms with E-state index in [0.717, 1.165) is 5.56 Å². The molecule has 0 aromatic heterocycles. The molecular formula is C15H17FN2O3. The van der Waals surface area contributed by atoms with Gasteiger partial charge in [0, 0.05) is 0 Å². The fraction of sp³-hybridized carbons (Fsp3) is 0.333. The number of urea groups is 1. The Morgan fingerprint density at radius 1 is 1.29 bits per heavy atom. The van der Waals surface area contributed by atoms with Gasteiger partial charge in [0.25, 0.3) is 0 Å². The van der Waals surface area contributed by atoms with Gasteiger partial charge in [0.1, 0.15) is 5.82 Å². The average Bonchev–Trinajstić information content (AvgIpc) is 2.87. The zero-order valence-corrected chi connectivity index (χ0v) is 11.5. The Morgan fingerprint density at radius 3 is 2.52 bits per heavy atom. The molecule has 3 unspecified atom stereocenters. The highest BCUT2D eigenvalue weighted by Crippen LogP contribution is 2.18. The molecule has 0 aliphatic heterocycles. The quantitative estimate of drug-likeness (QED) is 0.744. The summed E-state index contributed by atoms with van der Waals surface area (Å²) in [5, 5.41) is 14.3. The minimum absolute atomic E-state index is 0.272. The lowest BCUT2D eigenvalue weighted by molar-refractivity contribution is -0.140. The Labute approximate surface area is 121 Å². The first-order chi connectivity index (χ1) is 9.95. The second kappa shape index (κ2) is 6.39. The lowest BCUT2D eigenvalue weighted by atomic mass is 10.1. The largest absolute Gasteiger partial charge is 0.481 e. The summed E-state index contributed by atoms with van der Waals surface area (Å²) in [7, 11) is 0. The summed E-state index contributed by atoms with van der Waals surface area (Å²) >= 11 is 0. The van der Waals surface area contributed by atoms with Crippen LogP contribution in [0.5, 0.6) is 0 Å². The van der Waals surface area contributed by atoms with E-state index in [2.05, 4.69) is 10.6 Å². The van der Waals surface area contributed by atoms with E-state index in [1.807, 2.05) is 0 Å². The maximum atomic E-state index is 12.8. The first-order valence-corrected chi connectivity index (χ1v) is 6.69. The van der Waals surface area contributed by atoms with E-state index in [0.29, 0.717) is 6.42 Å². The van der Waals surface area contributed by atoms with Crippen molar-refractivity contribution in [2.75, 3.05) is 0 Å². The summed E-state index contributed by atoms with van der Waals surface area (Å²) in [5.74, 6) is -1.77. The molecule has 0 heterocycles. The molecule has 0 fully saturated rings. The van der Waals surface area contributed by atoms with Crippen LogP contribution in [0.25, 0.3) is 0 Å². The Balaban J connectivity index is 1.84. The number of carbonyl (C=O) groups is 2. The summed E-state index contributed by atoms with van der Waals surface area (Å²) in [6.07, 6.45) is 3.62. The van der Waals surface area contributed by atoms with Crippen molar-refractivity contribution < 1.29 is 19.1 Å². The van der Waals surface area contributed by atoms with E-state index in [4.69, 9.17) is 5.11 Å². The summed E-state index contributed by atoms with van der Waals surface area (Å²) < 4.78 is 12.8. The zero-order valence-electron chi connectivity index (χ0n) is 11.5. The van der Waals surface area contributed by atoms with E-state index >= 15 is 0 Å². The summed E-state index contributed by atoms with van der Waals surface area (Å²) in [6.45, 7) is 1.79. The van der Waals surface area contributed by atoms with Crippen molar-refractivity contribution in [3.63, 3.8) is 0 Å². The number of carboxylic acid groups (broad SMARTS) is 1. The lowest BCUT2D eigenvalue weighted by Gasteiger charge is -2.17. The third-order valence-corrected chi connectivity index (χ3v) is 3.43. The molecule has 1 aromatic rings. The van der Waals surface area contributed by atoms with E-state index in [1.165, 1.54) is 12.1 Å². The SMILES string of the molecule is CC(NC(=O)NC1C=CC(C(=O)O)C1)c1ccc(F)cc1. The Kier molecular flexibility index (Phi) is 4.57. The predicted molar refractivity (Wildman–Crippen MR) is 75.2 cm³/mol. The number of halogens is 1. The third-order valence-electron chi connectivity index (χ3n) is 3.43. The molecule has 1 aliphatic carbocycles. The smallest absolute Gasteiger partial charge is 0.315 e. The molecular weight excluding hydrogens is 275 g/mol. The van der Waals surface area contributed by atoms with Crippen molar-refractivity contribution in [3.8, 4) is 0 Å². The standard InChI is InChI=1S/C15H17FN2O3/c1-9(10-2-5-12(16)6-3-10)17-15(21)18-13-7-4-11(8-13)14(19)20/h2-7,9,11,13H,8H2,1H3,(H,19,20)(H2,17,18,21). The first kappa shape index (κ1) is 15.0. The van der Waals surface area contributed by atoms with E-state index in [-0.39, 0.29) is 23.9 Å². The Morgan fingerprint density at radius 2 is 1.95 bits per heavy atom. The molecule has 0 saturated carbocycles. The van der Waals surface area contributed by atoms with Gasteiger partial charge in [0.05, 0.1) is 18.0 Å². The van der Waals surface area contributed by atoms with E-state index in [1.54, 1.807) is 31.2 Å². The van der Waals surface area contributed by atoms with Gasteiger partial charge in [-0.2, -0.15) is 0 Å². The molecule has 3 atom stereocenters. The molecule has 1 aromatic carbocycles. The third kappa shape index (κ3) is 4.05. The van der Waals surface area contributed by atoms with Gasteiger partial charge in [0.15, 0.2) is 0 Å². The van der Waals surface area contributed by atoms with Crippen LogP contribution in [0.15, 0.2) is 36.4 Å². The molecule has 6 heteroatoms. The molecule has 2 rings (SSSR count). The maximum Gasteiger partial charge on any atom is 0.315 e. The van der Waals surface area contributed by atoms with Gasteiger partial charge in [-0.1, -0.05) is 24.3 Å². The molecule has 21 heavy (non-hydrogen) atoms. The molecule has 5 nitrogen and oxygen atoms in total. The number of benzene rings is 1. The molecule has 0 saturated heterocycles. The van der Waals surface area contributed by atoms with Gasteiger partial charge in [-0.25, -0.2) is 9.18 Å². The lowest BCUT2D eigenvalue weighted by Crippen LogP contribution is -2.42. The van der Waals surface area contributed by atoms with Gasteiger partial charge >= 0.3 is 12.0 Å². The van der Waals surface area contributed by atoms with Gasteiger partial charge in [0.2, 0.25) is 0 Å². The fourth-order valence-electron chi connectivity index (χ4n) is 2.23. The first-order valence-electron chi connectivity index (χ1n) is 6.69. The maximum absolute atomic E-state index is 12.8. The second-order valence-electron chi connectivity index (χ2n) is 5.06. The van der Waals surface area contributed by atoms with Crippen LogP contribution >= 0.6 is 0 Å². The van der Waals surface area contributed by atoms with Crippen molar-refractivity contribution in [1.82, 2.24) is 10.6 Å². The Bertz CT molecular complexity index is 557. The summed E-state index contributed by atoms with van der Waals surface area (Å²) in [4.78, 5) is 22.7. The highest BCUT2D eigenvalue weighted by atomic mass is 19.1. The highest BCUT2D eigenvalue weighted by molar-refractivity contribution is 5.76. The topological polar surface area (TPSA) is 78.4 Å². The van der Waals surface area contributed by atoms with Crippen LogP contribution in [-0.2, 0) is 4.79 Å². The van der Waals surface area contributed by atoms with Crippen molar-refractivity contribution >= 4 is 12.0 Å². The van der Waals surface area contributed by atoms with Crippen LogP contribution in [0.2, 0.25) is 0 Å². The van der Waals surface area contributed by atoms with Crippen LogP contribution in [0, 0.1) is 11.7 Å². The van der Waals surface area contributed by atoms with Crippen LogP contribution < -0.4 is 10.6 Å². The number of aliphatic carboxylic acids is 1. The average molecular weight is 292 g/mol. The van der Waals surface area contributed by atoms with Crippen LogP contribution in [0.4, 0.5) is 9.18 Å². The predicted octanol–water partition coefficient (Wildman–Crippen LogP) is 2.22. The van der Waals surface area contributed by atoms with Crippen LogP contribution in [-0.4, -0.2) is 23.1 Å². The number of amides is 2. The minimum atomic E-state index is -0.893. The summed E-state index contributed by atoms with van der Waals surface area (Å²) in [5.41, 5.74) is 0.789. The van der Waals surface area contributed by atoms with Crippen molar-refractivity contribution in [2.24, 2.45) is 5.92 Å². The Hall–Kier alpha value is -2.37. The molecule has 0 spiro atoms. The second-order valence-corrected chi connectivity index (χ2v) is 5.06. The van der Waals surface area contributed by atoms with E-state index in [9.17, 15) is 14.0 Å². The van der Waals surface area contributed by atoms with Crippen molar-refractivity contribution in [3.05, 3.63) is 47.8 Å². The van der Waals surface area contributed by atoms with Crippen molar-refractivity contribution in [1.29, 1.82) is 0 Å². The number of nitrogens with one attached hydrogen (secondary N) is 2. The monoisotopic (exact) mass is 292 g/mol. The molecule has 112 valence electrons. The molecule has 0 bridgehead atoms. The van der Waals surface area contributed by atoms with Crippen molar-refractivity contribution in [2.45, 2.75) is 25.4 Å². The molecule has 3 N–H and O–H groups in total. The van der Waals surface area contributed by atoms with Crippen LogP contribution in [0.1, 0.15) is 24.9 Å². The number of carbonyl (C=O) groups excluding carboxylic acids is 1. The zero-order chi connectivity index (χ0) is 15.4. The molecule has 2 amide bonds. The number of hydrogen-bond donors (Lipinski definition) is 3. The highest BCUT2D eigenvalue weighted by Gasteiger charge is 2.25. The number of carboxylic acids is 1. The van der Waals surface area contributed by atoms with Gasteiger partial charge in [-0.3, -0.25) is 4.79 Å². The van der Waals surface area contributed by atoms with Gasteiger partial charge in [-0.05, 0) is 31.0 Å². The van der Waals surface area contributed by atoms with Gasteiger partial charge < -0.3 is 15.7 Å².